The number of thiophene rings is 1. The van der Waals surface area contributed by atoms with E-state index in [4.69, 9.17) is 9.47 Å². The fourth-order valence-corrected chi connectivity index (χ4v) is 2.52. The van der Waals surface area contributed by atoms with Gasteiger partial charge in [0, 0.05) is 0 Å². The van der Waals surface area contributed by atoms with Gasteiger partial charge in [-0.15, -0.1) is 11.3 Å². The number of nitrogens with one attached hydrogen (secondary N) is 2. The summed E-state index contributed by atoms with van der Waals surface area (Å²) in [5.41, 5.74) is 0. The molecule has 1 aromatic heterocycles. The molecule has 2 N–H and O–H groups in total. The van der Waals surface area contributed by atoms with Crippen LogP contribution in [0.3, 0.4) is 0 Å². The van der Waals surface area contributed by atoms with Crippen LogP contribution in [-0.2, 0) is 4.79 Å². The first-order valence-corrected chi connectivity index (χ1v) is 8.51. The van der Waals surface area contributed by atoms with Crippen molar-refractivity contribution in [2.45, 2.75) is 6.92 Å². The summed E-state index contributed by atoms with van der Waals surface area (Å²) in [6.45, 7) is 3.20. The van der Waals surface area contributed by atoms with E-state index in [-0.39, 0.29) is 18.4 Å². The number of rotatable bonds is 9. The highest BCUT2D eigenvalue weighted by Crippen LogP contribution is 2.17. The Hall–Kier alpha value is -2.54. The van der Waals surface area contributed by atoms with Gasteiger partial charge in [0.1, 0.15) is 18.1 Å². The number of hydrogen-bond donors (Lipinski definition) is 2. The van der Waals surface area contributed by atoms with Gasteiger partial charge >= 0.3 is 0 Å². The van der Waals surface area contributed by atoms with Gasteiger partial charge in [-0.1, -0.05) is 6.07 Å². The molecule has 1 heterocycles. The van der Waals surface area contributed by atoms with Crippen LogP contribution in [0.15, 0.2) is 41.8 Å². The lowest BCUT2D eigenvalue weighted by molar-refractivity contribution is -0.120. The van der Waals surface area contributed by atoms with Crippen molar-refractivity contribution in [2.75, 3.05) is 26.3 Å². The van der Waals surface area contributed by atoms with Gasteiger partial charge in [-0.2, -0.15) is 0 Å². The first-order valence-electron chi connectivity index (χ1n) is 7.63. The summed E-state index contributed by atoms with van der Waals surface area (Å²) in [5.74, 6) is 0.999. The first kappa shape index (κ1) is 17.8. The van der Waals surface area contributed by atoms with Crippen molar-refractivity contribution in [3.63, 3.8) is 0 Å². The standard InChI is InChI=1S/C17H20N2O4S/c1-2-22-13-5-7-14(8-6-13)23-10-9-18-16(20)12-19-17(21)15-4-3-11-24-15/h3-8,11H,2,9-10,12H2,1H3,(H,18,20)(H,19,21). The van der Waals surface area contributed by atoms with Crippen molar-refractivity contribution in [3.05, 3.63) is 46.7 Å². The molecular formula is C17H20N2O4S. The van der Waals surface area contributed by atoms with Crippen molar-refractivity contribution in [2.24, 2.45) is 0 Å². The van der Waals surface area contributed by atoms with Crippen LogP contribution < -0.4 is 20.1 Å². The number of hydrogen-bond acceptors (Lipinski definition) is 5. The molecule has 24 heavy (non-hydrogen) atoms. The predicted molar refractivity (Wildman–Crippen MR) is 92.8 cm³/mol. The van der Waals surface area contributed by atoms with Gasteiger partial charge in [0.15, 0.2) is 0 Å². The number of ether oxygens (including phenoxy) is 2. The summed E-state index contributed by atoms with van der Waals surface area (Å²) in [7, 11) is 0. The van der Waals surface area contributed by atoms with E-state index in [0.717, 1.165) is 5.75 Å². The highest BCUT2D eigenvalue weighted by atomic mass is 32.1. The lowest BCUT2D eigenvalue weighted by Crippen LogP contribution is -2.38. The van der Waals surface area contributed by atoms with Crippen LogP contribution >= 0.6 is 11.3 Å². The Morgan fingerprint density at radius 1 is 1.04 bits per heavy atom. The summed E-state index contributed by atoms with van der Waals surface area (Å²) < 4.78 is 10.9. The molecular weight excluding hydrogens is 328 g/mol. The summed E-state index contributed by atoms with van der Waals surface area (Å²) >= 11 is 1.33. The molecule has 1 aromatic carbocycles. The van der Waals surface area contributed by atoms with Crippen LogP contribution in [-0.4, -0.2) is 38.1 Å². The minimum atomic E-state index is -0.254. The average molecular weight is 348 g/mol. The molecule has 6 nitrogen and oxygen atoms in total. The van der Waals surface area contributed by atoms with Crippen molar-refractivity contribution < 1.29 is 19.1 Å². The van der Waals surface area contributed by atoms with E-state index in [0.29, 0.717) is 30.4 Å². The number of carbonyl (C=O) groups excluding carboxylic acids is 2. The third-order valence-corrected chi connectivity index (χ3v) is 3.85. The van der Waals surface area contributed by atoms with Gasteiger partial charge in [0.2, 0.25) is 5.91 Å². The molecule has 0 bridgehead atoms. The normalized spacial score (nSPS) is 10.0. The molecule has 0 spiro atoms. The van der Waals surface area contributed by atoms with Gasteiger partial charge in [0.25, 0.3) is 5.91 Å². The Labute approximate surface area is 144 Å². The van der Waals surface area contributed by atoms with Gasteiger partial charge in [0.05, 0.1) is 24.6 Å². The van der Waals surface area contributed by atoms with Gasteiger partial charge in [-0.25, -0.2) is 0 Å². The van der Waals surface area contributed by atoms with Crippen molar-refractivity contribution in [3.8, 4) is 11.5 Å². The Balaban J connectivity index is 1.59. The Morgan fingerprint density at radius 3 is 2.38 bits per heavy atom. The van der Waals surface area contributed by atoms with Gasteiger partial charge in [-0.05, 0) is 42.6 Å². The molecule has 0 aliphatic rings. The number of benzene rings is 1. The molecule has 2 rings (SSSR count). The fourth-order valence-electron chi connectivity index (χ4n) is 1.88. The van der Waals surface area contributed by atoms with Gasteiger partial charge in [-0.3, -0.25) is 9.59 Å². The van der Waals surface area contributed by atoms with E-state index in [2.05, 4.69) is 10.6 Å². The van der Waals surface area contributed by atoms with Crippen LogP contribution in [0.25, 0.3) is 0 Å². The molecule has 7 heteroatoms. The van der Waals surface area contributed by atoms with Gasteiger partial charge < -0.3 is 20.1 Å². The highest BCUT2D eigenvalue weighted by molar-refractivity contribution is 7.12. The van der Waals surface area contributed by atoms with Crippen LogP contribution in [0.4, 0.5) is 0 Å². The number of carbonyl (C=O) groups is 2. The van der Waals surface area contributed by atoms with E-state index in [1.54, 1.807) is 12.1 Å². The van der Waals surface area contributed by atoms with Crippen LogP contribution in [0.2, 0.25) is 0 Å². The zero-order chi connectivity index (χ0) is 17.2. The molecule has 0 saturated carbocycles. The largest absolute Gasteiger partial charge is 0.494 e. The fraction of sp³-hybridized carbons (Fsp3) is 0.294. The minimum absolute atomic E-state index is 0.0558. The van der Waals surface area contributed by atoms with Crippen molar-refractivity contribution in [1.82, 2.24) is 10.6 Å². The Kier molecular flexibility index (Phi) is 7.10. The summed E-state index contributed by atoms with van der Waals surface area (Å²) in [5, 5.41) is 7.06. The summed E-state index contributed by atoms with van der Waals surface area (Å²) in [6.07, 6.45) is 0. The summed E-state index contributed by atoms with van der Waals surface area (Å²) in [6, 6.07) is 10.8. The lowest BCUT2D eigenvalue weighted by atomic mass is 10.3. The van der Waals surface area contributed by atoms with Crippen molar-refractivity contribution >= 4 is 23.2 Å². The minimum Gasteiger partial charge on any atom is -0.494 e. The second-order valence-corrected chi connectivity index (χ2v) is 5.71. The molecule has 0 aliphatic heterocycles. The predicted octanol–water partition coefficient (Wildman–Crippen LogP) is 2.07. The van der Waals surface area contributed by atoms with E-state index in [1.165, 1.54) is 11.3 Å². The van der Waals surface area contributed by atoms with Crippen LogP contribution in [0, 0.1) is 0 Å². The monoisotopic (exact) mass is 348 g/mol. The smallest absolute Gasteiger partial charge is 0.261 e. The molecule has 2 aromatic rings. The topological polar surface area (TPSA) is 76.7 Å². The lowest BCUT2D eigenvalue weighted by Gasteiger charge is -2.09. The Bertz CT molecular complexity index is 641. The second-order valence-electron chi connectivity index (χ2n) is 4.76. The first-order chi connectivity index (χ1) is 11.7. The number of amides is 2. The molecule has 2 amide bonds. The zero-order valence-corrected chi connectivity index (χ0v) is 14.2. The van der Waals surface area contributed by atoms with E-state index in [9.17, 15) is 9.59 Å². The maximum absolute atomic E-state index is 11.7. The SMILES string of the molecule is CCOc1ccc(OCCNC(=O)CNC(=O)c2cccs2)cc1. The molecule has 0 radical (unpaired) electrons. The second kappa shape index (κ2) is 9.57. The third-order valence-electron chi connectivity index (χ3n) is 2.98. The molecule has 0 atom stereocenters. The summed E-state index contributed by atoms with van der Waals surface area (Å²) in [4.78, 5) is 23.9. The van der Waals surface area contributed by atoms with E-state index in [1.807, 2.05) is 36.6 Å². The molecule has 0 unspecified atom stereocenters. The van der Waals surface area contributed by atoms with Crippen LogP contribution in [0.5, 0.6) is 11.5 Å². The maximum Gasteiger partial charge on any atom is 0.261 e. The highest BCUT2D eigenvalue weighted by Gasteiger charge is 2.08. The quantitative estimate of drug-likeness (QED) is 0.680. The molecule has 0 fully saturated rings. The average Bonchev–Trinajstić information content (AvgIpc) is 3.13. The zero-order valence-electron chi connectivity index (χ0n) is 13.4. The van der Waals surface area contributed by atoms with Crippen molar-refractivity contribution in [1.29, 1.82) is 0 Å². The maximum atomic E-state index is 11.7. The van der Waals surface area contributed by atoms with Crippen LogP contribution in [0.1, 0.15) is 16.6 Å². The third kappa shape index (κ3) is 5.92. The Morgan fingerprint density at radius 2 is 1.75 bits per heavy atom. The van der Waals surface area contributed by atoms with E-state index >= 15 is 0 Å². The molecule has 0 saturated heterocycles. The molecule has 0 aliphatic carbocycles. The molecule has 128 valence electrons. The van der Waals surface area contributed by atoms with E-state index < -0.39 is 0 Å².